The fourth-order valence-corrected chi connectivity index (χ4v) is 8.25. The number of alkyl halides is 3. The third kappa shape index (κ3) is 11.3. The molecule has 1 N–H and O–H groups in total. The van der Waals surface area contributed by atoms with E-state index >= 15 is 0 Å². The van der Waals surface area contributed by atoms with E-state index in [0.29, 0.717) is 41.8 Å². The number of rotatable bonds is 13. The average molecular weight is 848 g/mol. The van der Waals surface area contributed by atoms with Crippen LogP contribution in [0.25, 0.3) is 33.0 Å². The number of likely N-dealkylation sites (tertiary alicyclic amines) is 1. The van der Waals surface area contributed by atoms with Gasteiger partial charge in [-0.05, 0) is 120 Å². The Bertz CT molecular complexity index is 2230. The van der Waals surface area contributed by atoms with Crippen molar-refractivity contribution in [2.24, 2.45) is 0 Å². The van der Waals surface area contributed by atoms with Crippen LogP contribution in [0.5, 0.6) is 0 Å². The minimum absolute atomic E-state index is 0.0951. The number of benzene rings is 4. The first-order chi connectivity index (χ1) is 29.0. The molecule has 5 atom stereocenters. The normalized spacial score (nSPS) is 21.1. The Morgan fingerprint density at radius 2 is 1.28 bits per heavy atom. The predicted octanol–water partition coefficient (Wildman–Crippen LogP) is 7.98. The van der Waals surface area contributed by atoms with Crippen LogP contribution in [-0.2, 0) is 49.0 Å². The zero-order valence-corrected chi connectivity index (χ0v) is 34.2. The van der Waals surface area contributed by atoms with Gasteiger partial charge in [-0.3, -0.25) is 19.2 Å². The molecule has 2 saturated heterocycles. The predicted molar refractivity (Wildman–Crippen MR) is 216 cm³/mol. The van der Waals surface area contributed by atoms with Crippen molar-refractivity contribution in [3.05, 3.63) is 95.6 Å². The fourth-order valence-electron chi connectivity index (χ4n) is 8.25. The molecule has 4 aromatic rings. The standard InChI is InChI=1S/C46H48F3NO11/c1-26(51)57-25-41-43(59-28(3)53)44(60-29(4)54)42(58-27(2)52)40(61-41)6-5-19-50-20-17-32(18-21-50)30-7-9-33(10-8-30)39-24-36(45(55)56)23-35-22-34(13-16-38(35)39)31-11-14-37(15-12-31)46(47,48)49/h7-16,22-24,32,40-44H,5-6,17-21,25H2,1-4H3,(H,55,56). The van der Waals surface area contributed by atoms with Crippen LogP contribution >= 0.6 is 0 Å². The molecule has 2 heterocycles. The van der Waals surface area contributed by atoms with Crippen LogP contribution in [0, 0.1) is 0 Å². The third-order valence-electron chi connectivity index (χ3n) is 11.1. The molecular weight excluding hydrogens is 799 g/mol. The van der Waals surface area contributed by atoms with Crippen molar-refractivity contribution in [1.82, 2.24) is 4.90 Å². The maximum absolute atomic E-state index is 13.1. The Labute approximate surface area is 350 Å². The van der Waals surface area contributed by atoms with Gasteiger partial charge in [0.15, 0.2) is 18.3 Å². The first-order valence-corrected chi connectivity index (χ1v) is 20.1. The number of piperidine rings is 1. The lowest BCUT2D eigenvalue weighted by Crippen LogP contribution is -2.62. The van der Waals surface area contributed by atoms with Gasteiger partial charge in [-0.1, -0.05) is 48.5 Å². The number of aromatic carboxylic acids is 1. The zero-order chi connectivity index (χ0) is 44.0. The first kappa shape index (κ1) is 44.7. The van der Waals surface area contributed by atoms with Gasteiger partial charge < -0.3 is 33.7 Å². The molecule has 0 spiro atoms. The van der Waals surface area contributed by atoms with Gasteiger partial charge in [0.25, 0.3) is 0 Å². The lowest BCUT2D eigenvalue weighted by atomic mass is 9.87. The highest BCUT2D eigenvalue weighted by atomic mass is 19.4. The molecule has 6 rings (SSSR count). The zero-order valence-electron chi connectivity index (χ0n) is 34.2. The molecule has 12 nitrogen and oxygen atoms in total. The Balaban J connectivity index is 1.10. The summed E-state index contributed by atoms with van der Waals surface area (Å²) in [4.78, 5) is 62.6. The van der Waals surface area contributed by atoms with Crippen LogP contribution in [-0.4, -0.2) is 96.6 Å². The van der Waals surface area contributed by atoms with Crippen LogP contribution in [0.3, 0.4) is 0 Å². The number of esters is 4. The molecule has 2 aliphatic heterocycles. The second-order valence-corrected chi connectivity index (χ2v) is 15.5. The molecule has 5 unspecified atom stereocenters. The Morgan fingerprint density at radius 3 is 1.85 bits per heavy atom. The van der Waals surface area contributed by atoms with E-state index in [1.54, 1.807) is 18.2 Å². The summed E-state index contributed by atoms with van der Waals surface area (Å²) in [6.07, 6.45) is -6.85. The SMILES string of the molecule is CC(=O)OCC1OC(CCCN2CCC(c3ccc(-c4cc(C(=O)O)cc5cc(-c6ccc(C(F)(F)F)cc6)ccc45)cc3)CC2)C(OC(C)=O)C(OC(C)=O)C1OC(C)=O. The third-order valence-corrected chi connectivity index (χ3v) is 11.1. The number of carbonyl (C=O) groups is 5. The van der Waals surface area contributed by atoms with Crippen LogP contribution in [0.15, 0.2) is 78.9 Å². The van der Waals surface area contributed by atoms with Gasteiger partial charge in [-0.2, -0.15) is 13.2 Å². The monoisotopic (exact) mass is 847 g/mol. The maximum Gasteiger partial charge on any atom is 0.416 e. The van der Waals surface area contributed by atoms with Crippen molar-refractivity contribution in [3.8, 4) is 22.3 Å². The van der Waals surface area contributed by atoms with E-state index in [2.05, 4.69) is 17.0 Å². The topological polar surface area (TPSA) is 155 Å². The highest BCUT2D eigenvalue weighted by molar-refractivity contribution is 6.04. The number of carbonyl (C=O) groups excluding carboxylic acids is 4. The number of hydrogen-bond acceptors (Lipinski definition) is 11. The van der Waals surface area contributed by atoms with Crippen molar-refractivity contribution in [1.29, 1.82) is 0 Å². The number of carboxylic acid groups (broad SMARTS) is 1. The van der Waals surface area contributed by atoms with Crippen molar-refractivity contribution < 1.29 is 65.9 Å². The molecule has 15 heteroatoms. The minimum Gasteiger partial charge on any atom is -0.478 e. The lowest BCUT2D eigenvalue weighted by molar-refractivity contribution is -0.253. The number of fused-ring (bicyclic) bond motifs is 1. The van der Waals surface area contributed by atoms with Gasteiger partial charge in [0.1, 0.15) is 12.7 Å². The summed E-state index contributed by atoms with van der Waals surface area (Å²) in [5.41, 5.74) is 3.31. The van der Waals surface area contributed by atoms with Crippen LogP contribution < -0.4 is 0 Å². The van der Waals surface area contributed by atoms with Crippen LogP contribution in [0.4, 0.5) is 13.2 Å². The summed E-state index contributed by atoms with van der Waals surface area (Å²) in [6, 6.07) is 21.7. The van der Waals surface area contributed by atoms with Gasteiger partial charge in [-0.25, -0.2) is 4.79 Å². The summed E-state index contributed by atoms with van der Waals surface area (Å²) in [5.74, 6) is -3.39. The summed E-state index contributed by atoms with van der Waals surface area (Å²) in [5, 5.41) is 11.4. The van der Waals surface area contributed by atoms with Gasteiger partial charge in [0.05, 0.1) is 17.2 Å². The molecule has 0 aromatic heterocycles. The average Bonchev–Trinajstić information content (AvgIpc) is 3.21. The van der Waals surface area contributed by atoms with E-state index in [1.165, 1.54) is 39.8 Å². The van der Waals surface area contributed by atoms with Crippen molar-refractivity contribution in [2.75, 3.05) is 26.2 Å². The second kappa shape index (κ2) is 19.3. The highest BCUT2D eigenvalue weighted by Gasteiger charge is 2.51. The number of ether oxygens (including phenoxy) is 5. The number of nitrogens with zero attached hydrogens (tertiary/aromatic N) is 1. The largest absolute Gasteiger partial charge is 0.478 e. The van der Waals surface area contributed by atoms with E-state index in [-0.39, 0.29) is 12.2 Å². The maximum atomic E-state index is 13.1. The lowest BCUT2D eigenvalue weighted by Gasteiger charge is -2.44. The van der Waals surface area contributed by atoms with Crippen molar-refractivity contribution >= 4 is 40.6 Å². The van der Waals surface area contributed by atoms with E-state index in [9.17, 15) is 42.3 Å². The quantitative estimate of drug-likeness (QED) is 0.103. The molecule has 2 aliphatic rings. The molecule has 61 heavy (non-hydrogen) atoms. The number of hydrogen-bond donors (Lipinski definition) is 1. The molecule has 0 radical (unpaired) electrons. The first-order valence-electron chi connectivity index (χ1n) is 20.1. The molecule has 2 fully saturated rings. The van der Waals surface area contributed by atoms with Crippen LogP contribution in [0.2, 0.25) is 0 Å². The van der Waals surface area contributed by atoms with E-state index in [4.69, 9.17) is 23.7 Å². The molecule has 0 saturated carbocycles. The summed E-state index contributed by atoms with van der Waals surface area (Å²) in [7, 11) is 0. The van der Waals surface area contributed by atoms with E-state index < -0.39 is 72.1 Å². The molecule has 0 aliphatic carbocycles. The number of carboxylic acids is 1. The second-order valence-electron chi connectivity index (χ2n) is 15.5. The highest BCUT2D eigenvalue weighted by Crippen LogP contribution is 2.37. The summed E-state index contributed by atoms with van der Waals surface area (Å²) in [6.45, 7) is 6.87. The number of halogens is 3. The molecule has 0 bridgehead atoms. The van der Waals surface area contributed by atoms with E-state index in [0.717, 1.165) is 60.1 Å². The van der Waals surface area contributed by atoms with Gasteiger partial charge in [0.2, 0.25) is 0 Å². The molecule has 0 amide bonds. The molecule has 324 valence electrons. The summed E-state index contributed by atoms with van der Waals surface area (Å²) >= 11 is 0. The molecule has 4 aromatic carbocycles. The van der Waals surface area contributed by atoms with Gasteiger partial charge in [-0.15, -0.1) is 0 Å². The fraction of sp³-hybridized carbons (Fsp3) is 0.413. The Hall–Kier alpha value is -5.80. The Morgan fingerprint density at radius 1 is 0.705 bits per heavy atom. The summed E-state index contributed by atoms with van der Waals surface area (Å²) < 4.78 is 67.5. The minimum atomic E-state index is -4.45. The Kier molecular flexibility index (Phi) is 14.1. The van der Waals surface area contributed by atoms with E-state index in [1.807, 2.05) is 24.3 Å². The van der Waals surface area contributed by atoms with Gasteiger partial charge in [0, 0.05) is 27.7 Å². The smallest absolute Gasteiger partial charge is 0.416 e. The molecular formula is C46H48F3NO11. The van der Waals surface area contributed by atoms with Crippen molar-refractivity contribution in [2.45, 2.75) is 96.0 Å². The van der Waals surface area contributed by atoms with Gasteiger partial charge >= 0.3 is 36.0 Å². The van der Waals surface area contributed by atoms with Crippen LogP contribution in [0.1, 0.15) is 80.8 Å². The van der Waals surface area contributed by atoms with Crippen molar-refractivity contribution in [3.63, 3.8) is 0 Å².